The van der Waals surface area contributed by atoms with Crippen LogP contribution in [0.2, 0.25) is 0 Å². The quantitative estimate of drug-likeness (QED) is 0.750. The Labute approximate surface area is 118 Å². The van der Waals surface area contributed by atoms with Crippen LogP contribution in [0.15, 0.2) is 0 Å². The van der Waals surface area contributed by atoms with Crippen molar-refractivity contribution in [3.8, 4) is 0 Å². The molecule has 20 heavy (non-hydrogen) atoms. The van der Waals surface area contributed by atoms with E-state index in [1.54, 1.807) is 11.9 Å². The van der Waals surface area contributed by atoms with E-state index in [1.165, 1.54) is 12.0 Å². The third-order valence-electron chi connectivity index (χ3n) is 3.63. The molecule has 7 nitrogen and oxygen atoms in total. The van der Waals surface area contributed by atoms with E-state index in [0.717, 1.165) is 0 Å². The van der Waals surface area contributed by atoms with E-state index in [9.17, 15) is 14.4 Å². The molecule has 0 radical (unpaired) electrons. The summed E-state index contributed by atoms with van der Waals surface area (Å²) in [6.45, 7) is 2.98. The van der Waals surface area contributed by atoms with Crippen LogP contribution in [-0.2, 0) is 14.3 Å². The molecule has 1 aliphatic heterocycles. The lowest BCUT2D eigenvalue weighted by atomic mass is 9.99. The SMILES string of the molecule is COC(=O)CCCN(C)C(=O)N1C[C@@H](C)[C@H](C(=O)O)C1. The second-order valence-corrected chi connectivity index (χ2v) is 5.21. The van der Waals surface area contributed by atoms with Gasteiger partial charge in [0, 0.05) is 33.1 Å². The normalized spacial score (nSPS) is 21.6. The molecule has 1 saturated heterocycles. The maximum Gasteiger partial charge on any atom is 0.319 e. The van der Waals surface area contributed by atoms with E-state index in [1.807, 2.05) is 6.92 Å². The number of hydrogen-bond acceptors (Lipinski definition) is 4. The molecule has 1 aliphatic rings. The molecule has 7 heteroatoms. The van der Waals surface area contributed by atoms with Gasteiger partial charge in [0.05, 0.1) is 13.0 Å². The van der Waals surface area contributed by atoms with E-state index in [2.05, 4.69) is 4.74 Å². The summed E-state index contributed by atoms with van der Waals surface area (Å²) in [7, 11) is 2.98. The van der Waals surface area contributed by atoms with Crippen molar-refractivity contribution in [3.63, 3.8) is 0 Å². The molecule has 1 heterocycles. The van der Waals surface area contributed by atoms with Gasteiger partial charge in [-0.25, -0.2) is 4.79 Å². The first-order valence-corrected chi connectivity index (χ1v) is 6.66. The van der Waals surface area contributed by atoms with Crippen LogP contribution in [0.1, 0.15) is 19.8 Å². The number of carboxylic acid groups (broad SMARTS) is 1. The molecule has 114 valence electrons. The summed E-state index contributed by atoms with van der Waals surface area (Å²) >= 11 is 0. The van der Waals surface area contributed by atoms with Crippen LogP contribution in [0.5, 0.6) is 0 Å². The highest BCUT2D eigenvalue weighted by Gasteiger charge is 2.37. The lowest BCUT2D eigenvalue weighted by Gasteiger charge is -2.24. The highest BCUT2D eigenvalue weighted by Crippen LogP contribution is 2.23. The number of aliphatic carboxylic acids is 1. The highest BCUT2D eigenvalue weighted by molar-refractivity contribution is 5.77. The summed E-state index contributed by atoms with van der Waals surface area (Å²) in [5, 5.41) is 9.05. The van der Waals surface area contributed by atoms with Gasteiger partial charge in [0.15, 0.2) is 0 Å². The van der Waals surface area contributed by atoms with Crippen molar-refractivity contribution in [2.45, 2.75) is 19.8 Å². The predicted molar refractivity (Wildman–Crippen MR) is 71.1 cm³/mol. The van der Waals surface area contributed by atoms with Crippen LogP contribution in [-0.4, -0.2) is 66.7 Å². The zero-order valence-electron chi connectivity index (χ0n) is 12.2. The van der Waals surface area contributed by atoms with Crippen molar-refractivity contribution in [3.05, 3.63) is 0 Å². The fourth-order valence-electron chi connectivity index (χ4n) is 2.34. The third kappa shape index (κ3) is 4.11. The number of urea groups is 1. The van der Waals surface area contributed by atoms with Gasteiger partial charge in [-0.2, -0.15) is 0 Å². The average molecular weight is 286 g/mol. The minimum absolute atomic E-state index is 0.0417. The second kappa shape index (κ2) is 7.12. The van der Waals surface area contributed by atoms with Crippen molar-refractivity contribution in [1.29, 1.82) is 0 Å². The molecule has 0 bridgehead atoms. The van der Waals surface area contributed by atoms with E-state index in [0.29, 0.717) is 19.5 Å². The molecule has 1 N–H and O–H groups in total. The number of methoxy groups -OCH3 is 1. The topological polar surface area (TPSA) is 87.2 Å². The fourth-order valence-corrected chi connectivity index (χ4v) is 2.34. The summed E-state index contributed by atoms with van der Waals surface area (Å²) in [6.07, 6.45) is 0.795. The standard InChI is InChI=1S/C13H22N2O5/c1-9-7-15(8-10(9)12(17)18)13(19)14(2)6-4-5-11(16)20-3/h9-10H,4-8H2,1-3H3,(H,17,18)/t9-,10-/m1/s1. The Bertz CT molecular complexity index is 385. The molecular weight excluding hydrogens is 264 g/mol. The van der Waals surface area contributed by atoms with Gasteiger partial charge in [-0.1, -0.05) is 6.92 Å². The number of ether oxygens (including phenoxy) is 1. The van der Waals surface area contributed by atoms with Crippen LogP contribution in [0, 0.1) is 11.8 Å². The Morgan fingerprint density at radius 3 is 2.50 bits per heavy atom. The Hall–Kier alpha value is -1.79. The molecular formula is C13H22N2O5. The van der Waals surface area contributed by atoms with Crippen molar-refractivity contribution >= 4 is 18.0 Å². The molecule has 0 aromatic rings. The van der Waals surface area contributed by atoms with Gasteiger partial charge in [0.25, 0.3) is 0 Å². The minimum atomic E-state index is -0.860. The number of carbonyl (C=O) groups is 3. The number of rotatable bonds is 5. The van der Waals surface area contributed by atoms with E-state index in [4.69, 9.17) is 5.11 Å². The molecule has 2 atom stereocenters. The molecule has 0 saturated carbocycles. The molecule has 0 aliphatic carbocycles. The number of carbonyl (C=O) groups excluding carboxylic acids is 2. The number of esters is 1. The van der Waals surface area contributed by atoms with Crippen LogP contribution in [0.25, 0.3) is 0 Å². The zero-order chi connectivity index (χ0) is 15.3. The first-order chi connectivity index (χ1) is 9.36. The van der Waals surface area contributed by atoms with Crippen molar-refractivity contribution < 1.29 is 24.2 Å². The predicted octanol–water partition coefficient (Wildman–Crippen LogP) is 0.644. The Morgan fingerprint density at radius 1 is 1.35 bits per heavy atom. The first kappa shape index (κ1) is 16.3. The van der Waals surface area contributed by atoms with Crippen molar-refractivity contribution in [2.75, 3.05) is 33.8 Å². The van der Waals surface area contributed by atoms with Gasteiger partial charge in [0.1, 0.15) is 0 Å². The Kier molecular flexibility index (Phi) is 5.79. The fraction of sp³-hybridized carbons (Fsp3) is 0.769. The number of amides is 2. The van der Waals surface area contributed by atoms with Crippen LogP contribution < -0.4 is 0 Å². The largest absolute Gasteiger partial charge is 0.481 e. The number of carboxylic acids is 1. The summed E-state index contributed by atoms with van der Waals surface area (Å²) in [5.74, 6) is -1.70. The van der Waals surface area contributed by atoms with Crippen molar-refractivity contribution in [1.82, 2.24) is 9.80 Å². The molecule has 0 spiro atoms. The highest BCUT2D eigenvalue weighted by atomic mass is 16.5. The lowest BCUT2D eigenvalue weighted by molar-refractivity contribution is -0.142. The van der Waals surface area contributed by atoms with Crippen LogP contribution in [0.3, 0.4) is 0 Å². The zero-order valence-corrected chi connectivity index (χ0v) is 12.2. The first-order valence-electron chi connectivity index (χ1n) is 6.66. The monoisotopic (exact) mass is 286 g/mol. The summed E-state index contributed by atoms with van der Waals surface area (Å²) in [6, 6.07) is -0.189. The lowest BCUT2D eigenvalue weighted by Crippen LogP contribution is -2.40. The van der Waals surface area contributed by atoms with Gasteiger partial charge in [0.2, 0.25) is 0 Å². The smallest absolute Gasteiger partial charge is 0.319 e. The van der Waals surface area contributed by atoms with E-state index >= 15 is 0 Å². The molecule has 1 rings (SSSR count). The molecule has 0 aromatic heterocycles. The summed E-state index contributed by atoms with van der Waals surface area (Å²) in [5.41, 5.74) is 0. The third-order valence-corrected chi connectivity index (χ3v) is 3.63. The van der Waals surface area contributed by atoms with Gasteiger partial charge < -0.3 is 19.6 Å². The van der Waals surface area contributed by atoms with E-state index < -0.39 is 11.9 Å². The molecule has 2 amide bonds. The maximum atomic E-state index is 12.1. The minimum Gasteiger partial charge on any atom is -0.481 e. The van der Waals surface area contributed by atoms with Gasteiger partial charge in [-0.05, 0) is 12.3 Å². The molecule has 0 aromatic carbocycles. The second-order valence-electron chi connectivity index (χ2n) is 5.21. The van der Waals surface area contributed by atoms with E-state index in [-0.39, 0.29) is 30.9 Å². The van der Waals surface area contributed by atoms with Crippen LogP contribution in [0.4, 0.5) is 4.79 Å². The summed E-state index contributed by atoms with van der Waals surface area (Å²) < 4.78 is 4.53. The molecule has 1 fully saturated rings. The summed E-state index contributed by atoms with van der Waals surface area (Å²) in [4.78, 5) is 37.2. The van der Waals surface area contributed by atoms with Crippen LogP contribution >= 0.6 is 0 Å². The van der Waals surface area contributed by atoms with Gasteiger partial charge in [-0.3, -0.25) is 9.59 Å². The number of nitrogens with zero attached hydrogens (tertiary/aromatic N) is 2. The van der Waals surface area contributed by atoms with Gasteiger partial charge in [-0.15, -0.1) is 0 Å². The number of hydrogen-bond donors (Lipinski definition) is 1. The Morgan fingerprint density at radius 2 is 2.00 bits per heavy atom. The average Bonchev–Trinajstić information content (AvgIpc) is 2.79. The Balaban J connectivity index is 2.42. The molecule has 0 unspecified atom stereocenters. The number of likely N-dealkylation sites (tertiary alicyclic amines) is 1. The van der Waals surface area contributed by atoms with Gasteiger partial charge >= 0.3 is 18.0 Å². The van der Waals surface area contributed by atoms with Crippen molar-refractivity contribution in [2.24, 2.45) is 11.8 Å². The maximum absolute atomic E-state index is 12.1.